The van der Waals surface area contributed by atoms with E-state index in [1.807, 2.05) is 12.1 Å². The number of nitrogens with zero attached hydrogens (tertiary/aromatic N) is 3. The average Bonchev–Trinajstić information content (AvgIpc) is 3.29. The second kappa shape index (κ2) is 10.1. The van der Waals surface area contributed by atoms with E-state index in [1.165, 1.54) is 7.11 Å². The summed E-state index contributed by atoms with van der Waals surface area (Å²) in [6.45, 7) is 3.82. The van der Waals surface area contributed by atoms with Crippen LogP contribution in [0.3, 0.4) is 0 Å². The van der Waals surface area contributed by atoms with E-state index in [4.69, 9.17) is 20.9 Å². The number of halogens is 1. The molecule has 0 bridgehead atoms. The summed E-state index contributed by atoms with van der Waals surface area (Å²) in [5.74, 6) is 0.471. The van der Waals surface area contributed by atoms with Crippen LogP contribution in [0.5, 0.6) is 0 Å². The molecular weight excluding hydrogens is 444 g/mol. The van der Waals surface area contributed by atoms with Gasteiger partial charge >= 0.3 is 5.97 Å². The molecule has 8 nitrogen and oxygen atoms in total. The Labute approximate surface area is 196 Å². The number of carbonyl (C=O) groups excluding carboxylic acids is 2. The summed E-state index contributed by atoms with van der Waals surface area (Å²) >= 11 is 6.04. The molecule has 33 heavy (non-hydrogen) atoms. The van der Waals surface area contributed by atoms with Crippen LogP contribution in [0, 0.1) is 12.8 Å². The van der Waals surface area contributed by atoms with Gasteiger partial charge in [-0.05, 0) is 62.7 Å². The standard InChI is InChI=1S/C24H25ClN4O4/c1-15-19(24(31)32-2)7-4-8-20(15)26-23(30)16-9-11-29(12-10-16)14-21-27-22(28-33-21)17-5-3-6-18(25)13-17/h3-8,13,16H,9-12,14H2,1-2H3,(H,26,30). The third-order valence-electron chi connectivity index (χ3n) is 5.87. The van der Waals surface area contributed by atoms with Crippen molar-refractivity contribution in [2.24, 2.45) is 5.92 Å². The third-order valence-corrected chi connectivity index (χ3v) is 6.10. The number of likely N-dealkylation sites (tertiary alicyclic amines) is 1. The van der Waals surface area contributed by atoms with Gasteiger partial charge in [0.15, 0.2) is 0 Å². The number of benzene rings is 2. The van der Waals surface area contributed by atoms with Gasteiger partial charge < -0.3 is 14.6 Å². The predicted molar refractivity (Wildman–Crippen MR) is 124 cm³/mol. The molecule has 4 rings (SSSR count). The van der Waals surface area contributed by atoms with Crippen LogP contribution >= 0.6 is 11.6 Å². The molecule has 1 saturated heterocycles. The Morgan fingerprint density at radius 2 is 1.97 bits per heavy atom. The lowest BCUT2D eigenvalue weighted by Gasteiger charge is -2.30. The van der Waals surface area contributed by atoms with Gasteiger partial charge in [-0.25, -0.2) is 4.79 Å². The van der Waals surface area contributed by atoms with E-state index in [-0.39, 0.29) is 11.8 Å². The molecule has 1 N–H and O–H groups in total. The number of esters is 1. The molecule has 3 aromatic rings. The van der Waals surface area contributed by atoms with Gasteiger partial charge in [-0.3, -0.25) is 9.69 Å². The van der Waals surface area contributed by atoms with Crippen LogP contribution < -0.4 is 5.32 Å². The summed E-state index contributed by atoms with van der Waals surface area (Å²) in [5, 5.41) is 7.64. The van der Waals surface area contributed by atoms with Gasteiger partial charge in [0.2, 0.25) is 17.6 Å². The van der Waals surface area contributed by atoms with Crippen molar-refractivity contribution in [2.45, 2.75) is 26.3 Å². The fourth-order valence-electron chi connectivity index (χ4n) is 3.95. The quantitative estimate of drug-likeness (QED) is 0.537. The Morgan fingerprint density at radius 1 is 1.21 bits per heavy atom. The van der Waals surface area contributed by atoms with E-state index in [1.54, 1.807) is 37.3 Å². The molecule has 2 heterocycles. The first kappa shape index (κ1) is 22.9. The highest BCUT2D eigenvalue weighted by Gasteiger charge is 2.27. The first-order chi connectivity index (χ1) is 15.9. The molecule has 0 aliphatic carbocycles. The Hall–Kier alpha value is -3.23. The van der Waals surface area contributed by atoms with Crippen molar-refractivity contribution in [1.29, 1.82) is 0 Å². The van der Waals surface area contributed by atoms with Crippen LogP contribution in [0.15, 0.2) is 47.0 Å². The van der Waals surface area contributed by atoms with Crippen LogP contribution in [0.1, 0.15) is 34.7 Å². The topological polar surface area (TPSA) is 97.6 Å². The first-order valence-electron chi connectivity index (χ1n) is 10.7. The van der Waals surface area contributed by atoms with Gasteiger partial charge in [0.1, 0.15) is 0 Å². The van der Waals surface area contributed by atoms with Crippen molar-refractivity contribution in [3.63, 3.8) is 0 Å². The van der Waals surface area contributed by atoms with Crippen LogP contribution in [0.25, 0.3) is 11.4 Å². The molecular formula is C24H25ClN4O4. The van der Waals surface area contributed by atoms with E-state index in [0.29, 0.717) is 40.1 Å². The zero-order chi connectivity index (χ0) is 23.4. The zero-order valence-electron chi connectivity index (χ0n) is 18.5. The zero-order valence-corrected chi connectivity index (χ0v) is 19.3. The number of piperidine rings is 1. The number of hydrogen-bond acceptors (Lipinski definition) is 7. The van der Waals surface area contributed by atoms with Gasteiger partial charge in [0, 0.05) is 22.2 Å². The van der Waals surface area contributed by atoms with Crippen molar-refractivity contribution < 1.29 is 18.8 Å². The van der Waals surface area contributed by atoms with Crippen LogP contribution in [0.4, 0.5) is 5.69 Å². The fourth-order valence-corrected chi connectivity index (χ4v) is 4.14. The van der Waals surface area contributed by atoms with Crippen molar-refractivity contribution in [3.8, 4) is 11.4 Å². The molecule has 172 valence electrons. The van der Waals surface area contributed by atoms with Gasteiger partial charge in [-0.2, -0.15) is 4.98 Å². The first-order valence-corrected chi connectivity index (χ1v) is 11.1. The fraction of sp³-hybridized carbons (Fsp3) is 0.333. The van der Waals surface area contributed by atoms with E-state index >= 15 is 0 Å². The summed E-state index contributed by atoms with van der Waals surface area (Å²) in [6, 6.07) is 12.5. The maximum atomic E-state index is 12.8. The molecule has 0 spiro atoms. The lowest BCUT2D eigenvalue weighted by atomic mass is 9.95. The maximum absolute atomic E-state index is 12.8. The van der Waals surface area contributed by atoms with E-state index in [9.17, 15) is 9.59 Å². The van der Waals surface area contributed by atoms with Crippen LogP contribution in [0.2, 0.25) is 5.02 Å². The number of amides is 1. The van der Waals surface area contributed by atoms with Gasteiger partial charge in [0.05, 0.1) is 19.2 Å². The van der Waals surface area contributed by atoms with Crippen LogP contribution in [-0.4, -0.2) is 47.1 Å². The number of aromatic nitrogens is 2. The van der Waals surface area contributed by atoms with Crippen molar-refractivity contribution >= 4 is 29.2 Å². The van der Waals surface area contributed by atoms with Gasteiger partial charge in [-0.1, -0.05) is 35.0 Å². The van der Waals surface area contributed by atoms with Crippen LogP contribution in [-0.2, 0) is 16.1 Å². The minimum absolute atomic E-state index is 0.0409. The van der Waals surface area contributed by atoms with Crippen molar-refractivity contribution in [2.75, 3.05) is 25.5 Å². The monoisotopic (exact) mass is 468 g/mol. The molecule has 1 fully saturated rings. The number of ether oxygens (including phenoxy) is 1. The summed E-state index contributed by atoms with van der Waals surface area (Å²) in [5.41, 5.74) is 2.58. The Morgan fingerprint density at radius 3 is 2.70 bits per heavy atom. The smallest absolute Gasteiger partial charge is 0.338 e. The highest BCUT2D eigenvalue weighted by atomic mass is 35.5. The second-order valence-electron chi connectivity index (χ2n) is 8.03. The summed E-state index contributed by atoms with van der Waals surface area (Å²) in [6.07, 6.45) is 1.44. The second-order valence-corrected chi connectivity index (χ2v) is 8.47. The summed E-state index contributed by atoms with van der Waals surface area (Å²) < 4.78 is 10.2. The number of hydrogen-bond donors (Lipinski definition) is 1. The molecule has 0 radical (unpaired) electrons. The molecule has 9 heteroatoms. The Bertz CT molecular complexity index is 1150. The maximum Gasteiger partial charge on any atom is 0.338 e. The molecule has 1 aliphatic heterocycles. The molecule has 0 atom stereocenters. The van der Waals surface area contributed by atoms with E-state index in [0.717, 1.165) is 31.5 Å². The van der Waals surface area contributed by atoms with Gasteiger partial charge in [0.25, 0.3) is 0 Å². The number of anilines is 1. The SMILES string of the molecule is COC(=O)c1cccc(NC(=O)C2CCN(Cc3nc(-c4cccc(Cl)c4)no3)CC2)c1C. The summed E-state index contributed by atoms with van der Waals surface area (Å²) in [4.78, 5) is 31.4. The minimum atomic E-state index is -0.420. The highest BCUT2D eigenvalue weighted by Crippen LogP contribution is 2.25. The van der Waals surface area contributed by atoms with Crippen molar-refractivity contribution in [1.82, 2.24) is 15.0 Å². The molecule has 2 aromatic carbocycles. The number of methoxy groups -OCH3 is 1. The third kappa shape index (κ3) is 5.40. The predicted octanol–water partition coefficient (Wildman–Crippen LogP) is 4.34. The number of carbonyl (C=O) groups is 2. The number of nitrogens with one attached hydrogen (secondary N) is 1. The molecule has 1 aromatic heterocycles. The molecule has 0 unspecified atom stereocenters. The van der Waals surface area contributed by atoms with Crippen molar-refractivity contribution in [3.05, 3.63) is 64.5 Å². The largest absolute Gasteiger partial charge is 0.465 e. The molecule has 1 amide bonds. The van der Waals surface area contributed by atoms with E-state index < -0.39 is 5.97 Å². The molecule has 0 saturated carbocycles. The highest BCUT2D eigenvalue weighted by molar-refractivity contribution is 6.30. The Kier molecular flexibility index (Phi) is 7.05. The normalized spacial score (nSPS) is 14.8. The lowest BCUT2D eigenvalue weighted by molar-refractivity contribution is -0.121. The lowest BCUT2D eigenvalue weighted by Crippen LogP contribution is -2.38. The van der Waals surface area contributed by atoms with Gasteiger partial charge in [-0.15, -0.1) is 0 Å². The molecule has 1 aliphatic rings. The Balaban J connectivity index is 1.31. The minimum Gasteiger partial charge on any atom is -0.465 e. The average molecular weight is 469 g/mol. The number of rotatable bonds is 6. The summed E-state index contributed by atoms with van der Waals surface area (Å²) in [7, 11) is 1.34. The van der Waals surface area contributed by atoms with E-state index in [2.05, 4.69) is 20.4 Å².